The molecular formula is C23H22F3N3O3. The molecule has 0 radical (unpaired) electrons. The molecule has 2 aromatic rings. The molecule has 3 amide bonds. The van der Waals surface area contributed by atoms with Crippen LogP contribution in [-0.2, 0) is 28.6 Å². The smallest absolute Gasteiger partial charge is 0.288 e. The molecule has 2 aliphatic heterocycles. The minimum Gasteiger partial charge on any atom is -0.322 e. The average molecular weight is 445 g/mol. The summed E-state index contributed by atoms with van der Waals surface area (Å²) in [7, 11) is 0. The zero-order valence-corrected chi connectivity index (χ0v) is 17.3. The number of halogens is 3. The van der Waals surface area contributed by atoms with E-state index in [1.807, 2.05) is 0 Å². The first-order valence-corrected chi connectivity index (χ1v) is 10.3. The van der Waals surface area contributed by atoms with Crippen molar-refractivity contribution in [2.75, 3.05) is 0 Å². The van der Waals surface area contributed by atoms with E-state index in [1.165, 1.54) is 24.0 Å². The van der Waals surface area contributed by atoms with Crippen molar-refractivity contribution in [2.45, 2.75) is 50.9 Å². The second-order valence-electron chi connectivity index (χ2n) is 8.13. The van der Waals surface area contributed by atoms with E-state index in [9.17, 15) is 27.6 Å². The Hall–Kier alpha value is -3.20. The van der Waals surface area contributed by atoms with Crippen LogP contribution in [0.2, 0.25) is 0 Å². The SMILES string of the molecule is CC(NCc1ccc2c(c1)CN(C1CCC(=O)NC1=O)C2=O)C(F)(F)c1cccc(F)c1. The van der Waals surface area contributed by atoms with Crippen LogP contribution in [0.5, 0.6) is 0 Å². The number of piperidine rings is 1. The number of imide groups is 1. The van der Waals surface area contributed by atoms with Gasteiger partial charge in [0, 0.05) is 30.6 Å². The lowest BCUT2D eigenvalue weighted by atomic mass is 10.0. The van der Waals surface area contributed by atoms with Crippen LogP contribution < -0.4 is 10.6 Å². The summed E-state index contributed by atoms with van der Waals surface area (Å²) < 4.78 is 42.7. The van der Waals surface area contributed by atoms with Crippen LogP contribution >= 0.6 is 0 Å². The topological polar surface area (TPSA) is 78.5 Å². The fourth-order valence-electron chi connectivity index (χ4n) is 4.08. The second-order valence-corrected chi connectivity index (χ2v) is 8.13. The number of amides is 3. The Kier molecular flexibility index (Phi) is 5.77. The number of carbonyl (C=O) groups excluding carboxylic acids is 3. The third-order valence-corrected chi connectivity index (χ3v) is 5.95. The van der Waals surface area contributed by atoms with Crippen molar-refractivity contribution >= 4 is 17.7 Å². The summed E-state index contributed by atoms with van der Waals surface area (Å²) in [5.41, 5.74) is 1.45. The molecule has 4 rings (SSSR count). The van der Waals surface area contributed by atoms with Crippen LogP contribution in [0.3, 0.4) is 0 Å². The van der Waals surface area contributed by atoms with Crippen molar-refractivity contribution in [3.63, 3.8) is 0 Å². The highest BCUT2D eigenvalue weighted by Gasteiger charge is 2.40. The average Bonchev–Trinajstić information content (AvgIpc) is 3.07. The first-order chi connectivity index (χ1) is 15.2. The molecule has 0 aliphatic carbocycles. The second kappa shape index (κ2) is 8.38. The summed E-state index contributed by atoms with van der Waals surface area (Å²) in [6, 6.07) is 7.44. The number of rotatable bonds is 6. The number of hydrogen-bond acceptors (Lipinski definition) is 4. The number of benzene rings is 2. The highest BCUT2D eigenvalue weighted by molar-refractivity contribution is 6.05. The van der Waals surface area contributed by atoms with E-state index in [2.05, 4.69) is 10.6 Å². The van der Waals surface area contributed by atoms with E-state index in [0.29, 0.717) is 16.7 Å². The van der Waals surface area contributed by atoms with Gasteiger partial charge < -0.3 is 10.2 Å². The van der Waals surface area contributed by atoms with Gasteiger partial charge in [-0.05, 0) is 42.7 Å². The first-order valence-electron chi connectivity index (χ1n) is 10.3. The van der Waals surface area contributed by atoms with Crippen molar-refractivity contribution in [1.82, 2.24) is 15.5 Å². The Morgan fingerprint density at radius 3 is 2.69 bits per heavy atom. The van der Waals surface area contributed by atoms with Crippen LogP contribution in [0.1, 0.15) is 46.8 Å². The van der Waals surface area contributed by atoms with Crippen LogP contribution in [-0.4, -0.2) is 34.7 Å². The standard InChI is InChI=1S/C23H22F3N3O3/c1-13(23(25,26)16-3-2-4-17(24)10-16)27-11-14-5-6-18-15(9-14)12-29(22(18)32)19-7-8-20(30)28-21(19)31/h2-6,9-10,13,19,27H,7-8,11-12H2,1H3,(H,28,30,31). The van der Waals surface area contributed by atoms with Gasteiger partial charge in [-0.1, -0.05) is 24.3 Å². The summed E-state index contributed by atoms with van der Waals surface area (Å²) in [5, 5.41) is 5.03. The maximum atomic E-state index is 14.7. The number of hydrogen-bond donors (Lipinski definition) is 2. The minimum atomic E-state index is -3.28. The molecule has 9 heteroatoms. The van der Waals surface area contributed by atoms with Crippen molar-refractivity contribution in [3.05, 3.63) is 70.5 Å². The van der Waals surface area contributed by atoms with E-state index >= 15 is 0 Å². The maximum absolute atomic E-state index is 14.7. The predicted octanol–water partition coefficient (Wildman–Crippen LogP) is 2.86. The van der Waals surface area contributed by atoms with Crippen molar-refractivity contribution in [2.24, 2.45) is 0 Å². The van der Waals surface area contributed by atoms with Crippen molar-refractivity contribution in [1.29, 1.82) is 0 Å². The van der Waals surface area contributed by atoms with Gasteiger partial charge in [-0.15, -0.1) is 0 Å². The summed E-state index contributed by atoms with van der Waals surface area (Å²) in [6.45, 7) is 1.65. The normalized spacial score (nSPS) is 19.7. The van der Waals surface area contributed by atoms with Crippen LogP contribution in [0.15, 0.2) is 42.5 Å². The van der Waals surface area contributed by atoms with E-state index < -0.39 is 35.3 Å². The number of alkyl halides is 2. The van der Waals surface area contributed by atoms with Gasteiger partial charge >= 0.3 is 0 Å². The molecule has 32 heavy (non-hydrogen) atoms. The lowest BCUT2D eigenvalue weighted by Crippen LogP contribution is -2.52. The molecule has 2 aliphatic rings. The van der Waals surface area contributed by atoms with Gasteiger partial charge in [0.2, 0.25) is 11.8 Å². The summed E-state index contributed by atoms with van der Waals surface area (Å²) in [5.74, 6) is -5.14. The highest BCUT2D eigenvalue weighted by Crippen LogP contribution is 2.32. The predicted molar refractivity (Wildman–Crippen MR) is 109 cm³/mol. The molecule has 0 saturated carbocycles. The van der Waals surface area contributed by atoms with Crippen LogP contribution in [0.25, 0.3) is 0 Å². The molecule has 2 N–H and O–H groups in total. The Morgan fingerprint density at radius 1 is 1.19 bits per heavy atom. The molecule has 0 bridgehead atoms. The number of carbonyl (C=O) groups is 3. The van der Waals surface area contributed by atoms with Crippen LogP contribution in [0.4, 0.5) is 13.2 Å². The largest absolute Gasteiger partial charge is 0.322 e. The van der Waals surface area contributed by atoms with Crippen LogP contribution in [0, 0.1) is 5.82 Å². The molecule has 2 unspecified atom stereocenters. The zero-order valence-electron chi connectivity index (χ0n) is 17.3. The molecule has 2 heterocycles. The van der Waals surface area contributed by atoms with Gasteiger partial charge in [0.25, 0.3) is 11.8 Å². The fourth-order valence-corrected chi connectivity index (χ4v) is 4.08. The molecule has 1 saturated heterocycles. The minimum absolute atomic E-state index is 0.117. The molecular weight excluding hydrogens is 423 g/mol. The summed E-state index contributed by atoms with van der Waals surface area (Å²) >= 11 is 0. The summed E-state index contributed by atoms with van der Waals surface area (Å²) in [4.78, 5) is 37.7. The number of nitrogens with one attached hydrogen (secondary N) is 2. The lowest BCUT2D eigenvalue weighted by molar-refractivity contribution is -0.136. The Labute approximate surface area is 182 Å². The Bertz CT molecular complexity index is 1090. The van der Waals surface area contributed by atoms with Gasteiger partial charge in [-0.3, -0.25) is 19.7 Å². The maximum Gasteiger partial charge on any atom is 0.288 e. The van der Waals surface area contributed by atoms with E-state index in [4.69, 9.17) is 0 Å². The lowest BCUT2D eigenvalue weighted by Gasteiger charge is -2.29. The molecule has 6 nitrogen and oxygen atoms in total. The number of fused-ring (bicyclic) bond motifs is 1. The van der Waals surface area contributed by atoms with E-state index in [-0.39, 0.29) is 37.7 Å². The molecule has 1 fully saturated rings. The molecule has 2 aromatic carbocycles. The first kappa shape index (κ1) is 22.0. The van der Waals surface area contributed by atoms with E-state index in [1.54, 1.807) is 18.2 Å². The quantitative estimate of drug-likeness (QED) is 0.671. The molecule has 2 atom stereocenters. The van der Waals surface area contributed by atoms with Gasteiger partial charge in [0.05, 0.1) is 6.04 Å². The Balaban J connectivity index is 1.43. The monoisotopic (exact) mass is 445 g/mol. The van der Waals surface area contributed by atoms with Crippen molar-refractivity contribution in [3.8, 4) is 0 Å². The molecule has 0 aromatic heterocycles. The van der Waals surface area contributed by atoms with Gasteiger partial charge in [0.15, 0.2) is 0 Å². The van der Waals surface area contributed by atoms with Crippen molar-refractivity contribution < 1.29 is 27.6 Å². The fraction of sp³-hybridized carbons (Fsp3) is 0.348. The Morgan fingerprint density at radius 2 is 1.97 bits per heavy atom. The van der Waals surface area contributed by atoms with E-state index in [0.717, 1.165) is 12.1 Å². The van der Waals surface area contributed by atoms with Gasteiger partial charge in [0.1, 0.15) is 11.9 Å². The van der Waals surface area contributed by atoms with Gasteiger partial charge in [-0.25, -0.2) is 4.39 Å². The number of nitrogens with zero attached hydrogens (tertiary/aromatic N) is 1. The summed E-state index contributed by atoms with van der Waals surface area (Å²) in [6.07, 6.45) is 0.439. The third kappa shape index (κ3) is 4.12. The van der Waals surface area contributed by atoms with Gasteiger partial charge in [-0.2, -0.15) is 8.78 Å². The molecule has 0 spiro atoms. The highest BCUT2D eigenvalue weighted by atomic mass is 19.3. The third-order valence-electron chi connectivity index (χ3n) is 5.95. The molecule has 168 valence electrons. The zero-order chi connectivity index (χ0) is 23.0.